The van der Waals surface area contributed by atoms with E-state index in [2.05, 4.69) is 0 Å². The summed E-state index contributed by atoms with van der Waals surface area (Å²) < 4.78 is 0. The van der Waals surface area contributed by atoms with E-state index in [0.717, 1.165) is 38.9 Å². The molecule has 0 atom stereocenters. The van der Waals surface area contributed by atoms with Gasteiger partial charge in [0.1, 0.15) is 23.0 Å². The maximum Gasteiger partial charge on any atom is 0.123 e. The molecule has 6 rings (SSSR count). The van der Waals surface area contributed by atoms with Crippen LogP contribution in [0.2, 0.25) is 0 Å². The van der Waals surface area contributed by atoms with Crippen molar-refractivity contribution < 1.29 is 20.4 Å². The summed E-state index contributed by atoms with van der Waals surface area (Å²) in [5.41, 5.74) is 10.6. The first-order valence-corrected chi connectivity index (χ1v) is 14.4. The van der Waals surface area contributed by atoms with Crippen molar-refractivity contribution in [2.45, 2.75) is 52.9 Å². The van der Waals surface area contributed by atoms with Crippen LogP contribution in [0.5, 0.6) is 23.0 Å². The van der Waals surface area contributed by atoms with Crippen molar-refractivity contribution in [3.63, 3.8) is 0 Å². The van der Waals surface area contributed by atoms with E-state index >= 15 is 0 Å². The number of benzene rings is 5. The lowest BCUT2D eigenvalue weighted by Gasteiger charge is -2.25. The van der Waals surface area contributed by atoms with Crippen molar-refractivity contribution in [2.75, 3.05) is 0 Å². The molecule has 0 heterocycles. The van der Waals surface area contributed by atoms with Gasteiger partial charge in [0.2, 0.25) is 0 Å². The van der Waals surface area contributed by atoms with Crippen molar-refractivity contribution in [2.24, 2.45) is 0 Å². The minimum absolute atomic E-state index is 0.157. The van der Waals surface area contributed by atoms with Crippen LogP contribution in [-0.4, -0.2) is 20.4 Å². The minimum atomic E-state index is -0.445. The summed E-state index contributed by atoms with van der Waals surface area (Å²) in [7, 11) is 0. The summed E-state index contributed by atoms with van der Waals surface area (Å²) in [5, 5.41) is 46.7. The predicted octanol–water partition coefficient (Wildman–Crippen LogP) is 8.01. The van der Waals surface area contributed by atoms with E-state index in [1.807, 2.05) is 107 Å². The predicted molar refractivity (Wildman–Crippen MR) is 167 cm³/mol. The lowest BCUT2D eigenvalue weighted by Crippen LogP contribution is -2.08. The van der Waals surface area contributed by atoms with Gasteiger partial charge in [-0.2, -0.15) is 0 Å². The number of phenolic OH excluding ortho intramolecular Hbond substituents is 4. The van der Waals surface area contributed by atoms with E-state index in [1.165, 1.54) is 0 Å². The van der Waals surface area contributed by atoms with Gasteiger partial charge in [0.05, 0.1) is 0 Å². The Labute approximate surface area is 247 Å². The lowest BCUT2D eigenvalue weighted by molar-refractivity contribution is 0.447. The molecule has 0 saturated carbocycles. The molecule has 8 bridgehead atoms. The summed E-state index contributed by atoms with van der Waals surface area (Å²) in [4.78, 5) is 0. The molecule has 0 aromatic heterocycles. The molecule has 0 amide bonds. The summed E-state index contributed by atoms with van der Waals surface area (Å²) in [6, 6.07) is 25.6. The third-order valence-corrected chi connectivity index (χ3v) is 8.45. The van der Waals surface area contributed by atoms with Crippen LogP contribution >= 0.6 is 0 Å². The zero-order valence-corrected chi connectivity index (χ0v) is 24.5. The van der Waals surface area contributed by atoms with E-state index in [4.69, 9.17) is 0 Å². The molecule has 0 saturated heterocycles. The summed E-state index contributed by atoms with van der Waals surface area (Å²) in [6.45, 7) is 8.01. The molecule has 0 fully saturated rings. The molecular formula is C38H36O4. The number of phenols is 4. The highest BCUT2D eigenvalue weighted by Gasteiger charge is 2.27. The SMILES string of the molecule is Cc1cc2c(O)c(c1)Cc1cc(C)cc(c1O)C(c1ccccc1)c1cc(C)cc(c1O)Cc1cc(C)cc(c1O)C2. The van der Waals surface area contributed by atoms with E-state index in [-0.39, 0.29) is 23.0 Å². The molecule has 1 aliphatic carbocycles. The van der Waals surface area contributed by atoms with Gasteiger partial charge in [-0.15, -0.1) is 0 Å². The highest BCUT2D eigenvalue weighted by Crippen LogP contribution is 2.45. The Balaban J connectivity index is 1.70. The fourth-order valence-corrected chi connectivity index (χ4v) is 6.67. The Bertz CT molecular complexity index is 1720. The standard InChI is InChI=1S/C38H36O4/c1-21-10-26-18-27-11-22(2)13-29(36(27)40)20-31-15-24(4)17-33(38(31)42)34(25-8-6-5-7-9-25)32-16-23(3)14-30(37(32)41)19-28(12-21)35(26)39/h5-17,34,39-42H,18-20H2,1-4H3. The van der Waals surface area contributed by atoms with Crippen LogP contribution in [0.3, 0.4) is 0 Å². The monoisotopic (exact) mass is 556 g/mol. The first-order chi connectivity index (χ1) is 20.1. The number of rotatable bonds is 1. The second-order valence-electron chi connectivity index (χ2n) is 12.0. The number of hydrogen-bond acceptors (Lipinski definition) is 4. The molecular weight excluding hydrogens is 520 g/mol. The van der Waals surface area contributed by atoms with Crippen LogP contribution in [0.4, 0.5) is 0 Å². The van der Waals surface area contributed by atoms with Crippen LogP contribution in [0.15, 0.2) is 78.9 Å². The van der Waals surface area contributed by atoms with Crippen LogP contribution in [0.25, 0.3) is 0 Å². The van der Waals surface area contributed by atoms with E-state index in [9.17, 15) is 20.4 Å². The maximum absolute atomic E-state index is 11.9. The third-order valence-electron chi connectivity index (χ3n) is 8.45. The fraction of sp³-hybridized carbons (Fsp3) is 0.211. The quantitative estimate of drug-likeness (QED) is 0.165. The van der Waals surface area contributed by atoms with Crippen molar-refractivity contribution in [3.8, 4) is 23.0 Å². The van der Waals surface area contributed by atoms with Gasteiger partial charge in [-0.1, -0.05) is 101 Å². The van der Waals surface area contributed by atoms with Gasteiger partial charge in [0.15, 0.2) is 0 Å². The van der Waals surface area contributed by atoms with E-state index < -0.39 is 5.92 Å². The number of fused-ring (bicyclic) bond motifs is 8. The topological polar surface area (TPSA) is 80.9 Å². The smallest absolute Gasteiger partial charge is 0.123 e. The van der Waals surface area contributed by atoms with E-state index in [1.54, 1.807) is 0 Å². The minimum Gasteiger partial charge on any atom is -0.507 e. The van der Waals surface area contributed by atoms with Gasteiger partial charge in [-0.25, -0.2) is 0 Å². The van der Waals surface area contributed by atoms with E-state index in [0.29, 0.717) is 52.6 Å². The number of aromatic hydroxyl groups is 4. The Morgan fingerprint density at radius 1 is 0.429 bits per heavy atom. The molecule has 4 heteroatoms. The number of aryl methyl sites for hydroxylation is 4. The average Bonchev–Trinajstić information content (AvgIpc) is 2.94. The first-order valence-electron chi connectivity index (χ1n) is 14.4. The molecule has 4 N–H and O–H groups in total. The summed E-state index contributed by atoms with van der Waals surface area (Å²) >= 11 is 0. The van der Waals surface area contributed by atoms with Gasteiger partial charge in [-0.3, -0.25) is 0 Å². The molecule has 42 heavy (non-hydrogen) atoms. The molecule has 0 spiro atoms. The molecule has 1 aliphatic rings. The zero-order chi connectivity index (χ0) is 29.7. The Morgan fingerprint density at radius 2 is 0.738 bits per heavy atom. The Kier molecular flexibility index (Phi) is 6.94. The summed E-state index contributed by atoms with van der Waals surface area (Å²) in [6.07, 6.45) is 1.02. The maximum atomic E-state index is 11.9. The molecule has 4 nitrogen and oxygen atoms in total. The van der Waals surface area contributed by atoms with Crippen molar-refractivity contribution in [1.82, 2.24) is 0 Å². The van der Waals surface area contributed by atoms with Crippen LogP contribution in [0, 0.1) is 27.7 Å². The van der Waals surface area contributed by atoms with Crippen molar-refractivity contribution in [1.29, 1.82) is 0 Å². The Hall–Kier alpha value is -4.70. The van der Waals surface area contributed by atoms with Gasteiger partial charge in [0, 0.05) is 36.3 Å². The lowest BCUT2D eigenvalue weighted by atomic mass is 9.80. The first kappa shape index (κ1) is 27.5. The van der Waals surface area contributed by atoms with Gasteiger partial charge < -0.3 is 20.4 Å². The largest absolute Gasteiger partial charge is 0.507 e. The molecule has 0 aliphatic heterocycles. The fourth-order valence-electron chi connectivity index (χ4n) is 6.67. The van der Waals surface area contributed by atoms with Crippen molar-refractivity contribution >= 4 is 0 Å². The normalized spacial score (nSPS) is 13.2. The van der Waals surface area contributed by atoms with Gasteiger partial charge >= 0.3 is 0 Å². The van der Waals surface area contributed by atoms with Gasteiger partial charge in [-0.05, 0) is 66.6 Å². The molecule has 5 aromatic carbocycles. The van der Waals surface area contributed by atoms with Gasteiger partial charge in [0.25, 0.3) is 0 Å². The highest BCUT2D eigenvalue weighted by atomic mass is 16.3. The highest BCUT2D eigenvalue weighted by molar-refractivity contribution is 5.61. The van der Waals surface area contributed by atoms with Crippen LogP contribution < -0.4 is 0 Å². The second kappa shape index (κ2) is 10.6. The zero-order valence-electron chi connectivity index (χ0n) is 24.5. The van der Waals surface area contributed by atoms with Crippen LogP contribution in [-0.2, 0) is 19.3 Å². The Morgan fingerprint density at radius 3 is 1.10 bits per heavy atom. The average molecular weight is 557 g/mol. The molecule has 0 unspecified atom stereocenters. The summed E-state index contributed by atoms with van der Waals surface area (Å²) in [5.74, 6) is 0.223. The third kappa shape index (κ3) is 4.98. The molecule has 5 aromatic rings. The molecule has 212 valence electrons. The second-order valence-corrected chi connectivity index (χ2v) is 12.0. The van der Waals surface area contributed by atoms with Crippen LogP contribution in [0.1, 0.15) is 78.2 Å². The van der Waals surface area contributed by atoms with Crippen molar-refractivity contribution in [3.05, 3.63) is 151 Å². The molecule has 0 radical (unpaired) electrons. The number of hydrogen-bond donors (Lipinski definition) is 4.